The van der Waals surface area contributed by atoms with E-state index >= 15 is 0 Å². The molecule has 0 aliphatic rings. The molecule has 1 aromatic carbocycles. The van der Waals surface area contributed by atoms with Crippen LogP contribution < -0.4 is 10.1 Å². The number of benzene rings is 1. The monoisotopic (exact) mass is 372 g/mol. The molecule has 0 saturated carbocycles. The first kappa shape index (κ1) is 20.4. The summed E-state index contributed by atoms with van der Waals surface area (Å²) in [6.07, 6.45) is 1.34. The summed E-state index contributed by atoms with van der Waals surface area (Å²) in [5.41, 5.74) is 0.781. The van der Waals surface area contributed by atoms with Crippen LogP contribution in [0, 0.1) is 6.92 Å². The number of nitrogens with one attached hydrogen (secondary N) is 1. The van der Waals surface area contributed by atoms with Gasteiger partial charge in [0.1, 0.15) is 5.75 Å². The minimum atomic E-state index is -1.17. The highest BCUT2D eigenvalue weighted by atomic mass is 16.5. The summed E-state index contributed by atoms with van der Waals surface area (Å²) in [5, 5.41) is 11.7. The molecule has 0 aliphatic carbocycles. The number of aromatic nitrogens is 1. The number of hydrogen-bond donors (Lipinski definition) is 2. The fourth-order valence-electron chi connectivity index (χ4n) is 2.12. The molecule has 7 nitrogen and oxygen atoms in total. The zero-order chi connectivity index (χ0) is 20.0. The van der Waals surface area contributed by atoms with Crippen molar-refractivity contribution in [3.8, 4) is 11.6 Å². The zero-order valence-corrected chi connectivity index (χ0v) is 15.9. The van der Waals surface area contributed by atoms with E-state index in [0.717, 1.165) is 5.56 Å². The third-order valence-electron chi connectivity index (χ3n) is 3.50. The number of aliphatic carboxylic acids is 1. The van der Waals surface area contributed by atoms with Crippen molar-refractivity contribution in [1.82, 2.24) is 10.3 Å². The average molecular weight is 372 g/mol. The highest BCUT2D eigenvalue weighted by Crippen LogP contribution is 2.20. The second-order valence-corrected chi connectivity index (χ2v) is 7.09. The van der Waals surface area contributed by atoms with Crippen LogP contribution in [0.15, 0.2) is 42.6 Å². The van der Waals surface area contributed by atoms with E-state index in [1.165, 1.54) is 12.3 Å². The normalized spacial score (nSPS) is 12.3. The first-order valence-corrected chi connectivity index (χ1v) is 8.52. The van der Waals surface area contributed by atoms with E-state index in [1.54, 1.807) is 6.07 Å². The van der Waals surface area contributed by atoms with Crippen molar-refractivity contribution >= 4 is 11.9 Å². The number of carboxylic acids is 1. The van der Waals surface area contributed by atoms with Gasteiger partial charge in [-0.2, -0.15) is 0 Å². The van der Waals surface area contributed by atoms with Gasteiger partial charge in [0.2, 0.25) is 5.88 Å². The summed E-state index contributed by atoms with van der Waals surface area (Å²) in [6, 6.07) is 9.43. The van der Waals surface area contributed by atoms with Crippen LogP contribution in [0.2, 0.25) is 0 Å². The largest absolute Gasteiger partial charge is 0.480 e. The maximum Gasteiger partial charge on any atom is 0.328 e. The van der Waals surface area contributed by atoms with Crippen LogP contribution >= 0.6 is 0 Å². The number of pyridine rings is 1. The molecule has 0 aliphatic heterocycles. The Bertz CT molecular complexity index is 797. The van der Waals surface area contributed by atoms with Crippen molar-refractivity contribution in [2.75, 3.05) is 6.61 Å². The van der Waals surface area contributed by atoms with Gasteiger partial charge in [-0.3, -0.25) is 4.79 Å². The molecular weight excluding hydrogens is 348 g/mol. The fourth-order valence-corrected chi connectivity index (χ4v) is 2.12. The number of carbonyl (C=O) groups is 2. The van der Waals surface area contributed by atoms with Gasteiger partial charge in [0, 0.05) is 12.3 Å². The molecule has 1 heterocycles. The summed E-state index contributed by atoms with van der Waals surface area (Å²) in [5.74, 6) is -0.734. The van der Waals surface area contributed by atoms with Crippen LogP contribution in [0.3, 0.4) is 0 Å². The van der Waals surface area contributed by atoms with Gasteiger partial charge in [0.05, 0.1) is 17.8 Å². The predicted molar refractivity (Wildman–Crippen MR) is 100 cm³/mol. The number of carboxylic acid groups (broad SMARTS) is 1. The molecule has 2 rings (SSSR count). The van der Waals surface area contributed by atoms with Gasteiger partial charge in [0.15, 0.2) is 6.04 Å². The SMILES string of the molecule is Cc1cccc(Oc2ccc(C(=O)N[C@@H](COC(C)(C)C)C(=O)O)cn2)c1. The highest BCUT2D eigenvalue weighted by Gasteiger charge is 2.23. The van der Waals surface area contributed by atoms with Crippen molar-refractivity contribution in [2.24, 2.45) is 0 Å². The Labute approximate surface area is 158 Å². The Balaban J connectivity index is 2.00. The minimum absolute atomic E-state index is 0.132. The molecule has 0 unspecified atom stereocenters. The lowest BCUT2D eigenvalue weighted by Gasteiger charge is -2.23. The predicted octanol–water partition coefficient (Wildman–Crippen LogP) is 3.18. The highest BCUT2D eigenvalue weighted by molar-refractivity contribution is 5.96. The number of nitrogens with zero attached hydrogens (tertiary/aromatic N) is 1. The molecule has 1 amide bonds. The summed E-state index contributed by atoms with van der Waals surface area (Å²) in [6.45, 7) is 7.25. The number of ether oxygens (including phenoxy) is 2. The molecule has 2 N–H and O–H groups in total. The zero-order valence-electron chi connectivity index (χ0n) is 15.9. The molecule has 0 fully saturated rings. The van der Waals surface area contributed by atoms with E-state index in [0.29, 0.717) is 11.6 Å². The lowest BCUT2D eigenvalue weighted by Crippen LogP contribution is -2.45. The van der Waals surface area contributed by atoms with Crippen molar-refractivity contribution < 1.29 is 24.2 Å². The lowest BCUT2D eigenvalue weighted by molar-refractivity contribution is -0.142. The second kappa shape index (κ2) is 8.64. The molecule has 1 atom stereocenters. The van der Waals surface area contributed by atoms with Crippen LogP contribution in [0.5, 0.6) is 11.6 Å². The second-order valence-electron chi connectivity index (χ2n) is 7.09. The molecule has 2 aromatic rings. The summed E-state index contributed by atoms with van der Waals surface area (Å²) < 4.78 is 11.1. The smallest absolute Gasteiger partial charge is 0.328 e. The van der Waals surface area contributed by atoms with Crippen LogP contribution in [0.4, 0.5) is 0 Å². The van der Waals surface area contributed by atoms with Gasteiger partial charge < -0.3 is 19.9 Å². The van der Waals surface area contributed by atoms with Crippen molar-refractivity contribution in [1.29, 1.82) is 0 Å². The molecule has 0 bridgehead atoms. The van der Waals surface area contributed by atoms with Crippen molar-refractivity contribution in [2.45, 2.75) is 39.3 Å². The Kier molecular flexibility index (Phi) is 6.52. The molecule has 144 valence electrons. The van der Waals surface area contributed by atoms with Gasteiger partial charge in [-0.1, -0.05) is 12.1 Å². The Morgan fingerprint density at radius 1 is 1.22 bits per heavy atom. The van der Waals surface area contributed by atoms with Gasteiger partial charge in [-0.25, -0.2) is 9.78 Å². The van der Waals surface area contributed by atoms with Gasteiger partial charge in [-0.05, 0) is 51.5 Å². The molecular formula is C20H24N2O5. The van der Waals surface area contributed by atoms with E-state index in [9.17, 15) is 14.7 Å². The summed E-state index contributed by atoms with van der Waals surface area (Å²) >= 11 is 0. The fraction of sp³-hybridized carbons (Fsp3) is 0.350. The quantitative estimate of drug-likeness (QED) is 0.775. The number of carbonyl (C=O) groups excluding carboxylic acids is 1. The van der Waals surface area contributed by atoms with Crippen LogP contribution in [0.25, 0.3) is 0 Å². The Morgan fingerprint density at radius 3 is 2.52 bits per heavy atom. The number of amides is 1. The molecule has 0 radical (unpaired) electrons. The van der Waals surface area contributed by atoms with Crippen LogP contribution in [-0.4, -0.2) is 40.2 Å². The van der Waals surface area contributed by atoms with E-state index in [4.69, 9.17) is 9.47 Å². The third-order valence-corrected chi connectivity index (χ3v) is 3.50. The summed E-state index contributed by atoms with van der Waals surface area (Å²) in [4.78, 5) is 27.7. The average Bonchev–Trinajstić information content (AvgIpc) is 2.58. The molecule has 0 spiro atoms. The van der Waals surface area contributed by atoms with Crippen molar-refractivity contribution in [3.05, 3.63) is 53.7 Å². The first-order chi connectivity index (χ1) is 12.6. The number of aryl methyl sites for hydroxylation is 1. The molecule has 7 heteroatoms. The molecule has 0 saturated heterocycles. The van der Waals surface area contributed by atoms with Crippen LogP contribution in [0.1, 0.15) is 36.7 Å². The third kappa shape index (κ3) is 6.71. The maximum atomic E-state index is 12.3. The first-order valence-electron chi connectivity index (χ1n) is 8.52. The number of rotatable bonds is 7. The van der Waals surface area contributed by atoms with Crippen molar-refractivity contribution in [3.63, 3.8) is 0 Å². The topological polar surface area (TPSA) is 97.8 Å². The van der Waals surface area contributed by atoms with E-state index in [-0.39, 0.29) is 12.2 Å². The van der Waals surface area contributed by atoms with E-state index in [1.807, 2.05) is 52.0 Å². The maximum absolute atomic E-state index is 12.3. The minimum Gasteiger partial charge on any atom is -0.480 e. The molecule has 27 heavy (non-hydrogen) atoms. The molecule has 1 aromatic heterocycles. The lowest BCUT2D eigenvalue weighted by atomic mass is 10.2. The summed E-state index contributed by atoms with van der Waals surface area (Å²) in [7, 11) is 0. The van der Waals surface area contributed by atoms with Gasteiger partial charge >= 0.3 is 5.97 Å². The van der Waals surface area contributed by atoms with E-state index in [2.05, 4.69) is 10.3 Å². The number of hydrogen-bond acceptors (Lipinski definition) is 5. The van der Waals surface area contributed by atoms with E-state index < -0.39 is 23.5 Å². The Hall–Kier alpha value is -2.93. The van der Waals surface area contributed by atoms with Crippen LogP contribution in [-0.2, 0) is 9.53 Å². The van der Waals surface area contributed by atoms with Gasteiger partial charge in [-0.15, -0.1) is 0 Å². The Morgan fingerprint density at radius 2 is 1.96 bits per heavy atom. The van der Waals surface area contributed by atoms with Gasteiger partial charge in [0.25, 0.3) is 5.91 Å². The standard InChI is InChI=1S/C20H24N2O5/c1-13-6-5-7-15(10-13)27-17-9-8-14(11-21-17)18(23)22-16(19(24)25)12-26-20(2,3)4/h5-11,16H,12H2,1-4H3,(H,22,23)(H,24,25)/t16-/m0/s1.